The molecule has 1 saturated carbocycles. The SMILES string of the molecule is CCOC(=O)C1(CC)[C@@H]2CCC=CCC[C@@H]21. The summed E-state index contributed by atoms with van der Waals surface area (Å²) in [6.07, 6.45) is 10.0. The molecule has 0 saturated heterocycles. The van der Waals surface area contributed by atoms with Gasteiger partial charge in [0.25, 0.3) is 0 Å². The number of hydrogen-bond acceptors (Lipinski definition) is 2. The largest absolute Gasteiger partial charge is 0.466 e. The second kappa shape index (κ2) is 4.60. The molecule has 0 N–H and O–H groups in total. The highest BCUT2D eigenvalue weighted by molar-refractivity contribution is 5.81. The molecule has 0 spiro atoms. The van der Waals surface area contributed by atoms with Crippen molar-refractivity contribution < 1.29 is 9.53 Å². The molecule has 0 aromatic carbocycles. The van der Waals surface area contributed by atoms with Gasteiger partial charge in [0.15, 0.2) is 0 Å². The van der Waals surface area contributed by atoms with E-state index in [0.717, 1.165) is 32.1 Å². The van der Waals surface area contributed by atoms with Crippen LogP contribution in [0.5, 0.6) is 0 Å². The van der Waals surface area contributed by atoms with Crippen molar-refractivity contribution in [3.8, 4) is 0 Å². The number of carbonyl (C=O) groups is 1. The van der Waals surface area contributed by atoms with Crippen LogP contribution in [0, 0.1) is 17.3 Å². The first kappa shape index (κ1) is 11.7. The summed E-state index contributed by atoms with van der Waals surface area (Å²) in [7, 11) is 0. The highest BCUT2D eigenvalue weighted by Gasteiger charge is 2.67. The number of hydrogen-bond donors (Lipinski definition) is 0. The summed E-state index contributed by atoms with van der Waals surface area (Å²) in [5.74, 6) is 1.23. The highest BCUT2D eigenvalue weighted by atomic mass is 16.5. The summed E-state index contributed by atoms with van der Waals surface area (Å²) < 4.78 is 5.27. The molecule has 90 valence electrons. The normalized spacial score (nSPS) is 37.1. The van der Waals surface area contributed by atoms with Gasteiger partial charge in [-0.15, -0.1) is 0 Å². The standard InChI is InChI=1S/C14H22O2/c1-3-14(13(15)16-4-2)11-9-7-5-6-8-10-12(11)14/h5-6,11-12H,3-4,7-10H2,1-2H3/t11-,12+,14?. The van der Waals surface area contributed by atoms with Crippen LogP contribution in [-0.2, 0) is 9.53 Å². The molecular weight excluding hydrogens is 200 g/mol. The van der Waals surface area contributed by atoms with Gasteiger partial charge in [0.1, 0.15) is 0 Å². The summed E-state index contributed by atoms with van der Waals surface area (Å²) in [4.78, 5) is 12.1. The predicted molar refractivity (Wildman–Crippen MR) is 63.9 cm³/mol. The summed E-state index contributed by atoms with van der Waals surface area (Å²) >= 11 is 0. The number of esters is 1. The van der Waals surface area contributed by atoms with Crippen molar-refractivity contribution in [1.82, 2.24) is 0 Å². The molecule has 0 bridgehead atoms. The Labute approximate surface area is 98.1 Å². The lowest BCUT2D eigenvalue weighted by molar-refractivity contribution is -0.151. The second-order valence-corrected chi connectivity index (χ2v) is 4.95. The fraction of sp³-hybridized carbons (Fsp3) is 0.786. The Morgan fingerprint density at radius 2 is 1.81 bits per heavy atom. The van der Waals surface area contributed by atoms with Gasteiger partial charge in [-0.05, 0) is 50.9 Å². The first-order valence-corrected chi connectivity index (χ1v) is 6.59. The Morgan fingerprint density at radius 3 is 2.25 bits per heavy atom. The molecule has 2 nitrogen and oxygen atoms in total. The minimum Gasteiger partial charge on any atom is -0.466 e. The van der Waals surface area contributed by atoms with Gasteiger partial charge in [-0.2, -0.15) is 0 Å². The maximum atomic E-state index is 12.1. The summed E-state index contributed by atoms with van der Waals surface area (Å²) in [5.41, 5.74) is -0.123. The van der Waals surface area contributed by atoms with Crippen LogP contribution in [0.4, 0.5) is 0 Å². The molecule has 0 aromatic heterocycles. The molecule has 0 amide bonds. The molecule has 3 atom stereocenters. The molecule has 2 aliphatic carbocycles. The van der Waals surface area contributed by atoms with Crippen molar-refractivity contribution >= 4 is 5.97 Å². The number of carbonyl (C=O) groups excluding carboxylic acids is 1. The van der Waals surface area contributed by atoms with Crippen LogP contribution in [0.25, 0.3) is 0 Å². The minimum absolute atomic E-state index is 0.0643. The Balaban J connectivity index is 2.10. The molecule has 1 unspecified atom stereocenters. The highest BCUT2D eigenvalue weighted by Crippen LogP contribution is 2.66. The quantitative estimate of drug-likeness (QED) is 0.541. The van der Waals surface area contributed by atoms with E-state index < -0.39 is 0 Å². The molecule has 2 aliphatic rings. The molecule has 2 rings (SSSR count). The van der Waals surface area contributed by atoms with E-state index in [-0.39, 0.29) is 11.4 Å². The summed E-state index contributed by atoms with van der Waals surface area (Å²) in [6, 6.07) is 0. The first-order chi connectivity index (χ1) is 7.77. The van der Waals surface area contributed by atoms with Gasteiger partial charge >= 0.3 is 5.97 Å². The Kier molecular flexibility index (Phi) is 3.36. The smallest absolute Gasteiger partial charge is 0.312 e. The van der Waals surface area contributed by atoms with E-state index in [2.05, 4.69) is 19.1 Å². The van der Waals surface area contributed by atoms with Gasteiger partial charge in [-0.25, -0.2) is 0 Å². The predicted octanol–water partition coefficient (Wildman–Crippen LogP) is 3.32. The van der Waals surface area contributed by atoms with Crippen LogP contribution in [0.15, 0.2) is 12.2 Å². The van der Waals surface area contributed by atoms with Crippen LogP contribution in [0.2, 0.25) is 0 Å². The lowest BCUT2D eigenvalue weighted by Crippen LogP contribution is -2.22. The van der Waals surface area contributed by atoms with Crippen molar-refractivity contribution in [2.24, 2.45) is 17.3 Å². The van der Waals surface area contributed by atoms with Gasteiger partial charge in [0, 0.05) is 0 Å². The molecule has 1 fully saturated rings. The molecule has 0 heterocycles. The maximum Gasteiger partial charge on any atom is 0.312 e. The van der Waals surface area contributed by atoms with E-state index in [1.807, 2.05) is 6.92 Å². The van der Waals surface area contributed by atoms with Gasteiger partial charge in [-0.1, -0.05) is 19.1 Å². The Hall–Kier alpha value is -0.790. The van der Waals surface area contributed by atoms with Gasteiger partial charge in [0.05, 0.1) is 12.0 Å². The number of rotatable bonds is 3. The fourth-order valence-electron chi connectivity index (χ4n) is 3.55. The van der Waals surface area contributed by atoms with E-state index >= 15 is 0 Å². The van der Waals surface area contributed by atoms with Crippen LogP contribution >= 0.6 is 0 Å². The second-order valence-electron chi connectivity index (χ2n) is 4.95. The Bertz CT molecular complexity index is 277. The molecule has 2 heteroatoms. The van der Waals surface area contributed by atoms with Crippen LogP contribution in [0.1, 0.15) is 46.0 Å². The molecule has 0 aliphatic heterocycles. The van der Waals surface area contributed by atoms with E-state index in [1.54, 1.807) is 0 Å². The van der Waals surface area contributed by atoms with Gasteiger partial charge in [-0.3, -0.25) is 4.79 Å². The minimum atomic E-state index is -0.123. The van der Waals surface area contributed by atoms with Crippen LogP contribution < -0.4 is 0 Å². The third kappa shape index (κ3) is 1.68. The van der Waals surface area contributed by atoms with E-state index in [9.17, 15) is 4.79 Å². The van der Waals surface area contributed by atoms with E-state index in [1.165, 1.54) is 0 Å². The molecule has 16 heavy (non-hydrogen) atoms. The van der Waals surface area contributed by atoms with Gasteiger partial charge in [0.2, 0.25) is 0 Å². The van der Waals surface area contributed by atoms with Crippen molar-refractivity contribution in [2.75, 3.05) is 6.61 Å². The fourth-order valence-corrected chi connectivity index (χ4v) is 3.55. The molecule has 0 radical (unpaired) electrons. The van der Waals surface area contributed by atoms with Crippen molar-refractivity contribution in [1.29, 1.82) is 0 Å². The number of allylic oxidation sites excluding steroid dienone is 2. The van der Waals surface area contributed by atoms with Crippen molar-refractivity contribution in [3.63, 3.8) is 0 Å². The lowest BCUT2D eigenvalue weighted by Gasteiger charge is -2.14. The summed E-state index contributed by atoms with van der Waals surface area (Å²) in [5, 5.41) is 0. The van der Waals surface area contributed by atoms with Crippen molar-refractivity contribution in [2.45, 2.75) is 46.0 Å². The zero-order valence-electron chi connectivity index (χ0n) is 10.4. The van der Waals surface area contributed by atoms with E-state index in [4.69, 9.17) is 4.74 Å². The van der Waals surface area contributed by atoms with Crippen LogP contribution in [0.3, 0.4) is 0 Å². The zero-order valence-corrected chi connectivity index (χ0v) is 10.4. The molecular formula is C14H22O2. The monoisotopic (exact) mass is 222 g/mol. The number of ether oxygens (including phenoxy) is 1. The average Bonchev–Trinajstić information content (AvgIpc) is 2.84. The number of fused-ring (bicyclic) bond motifs is 1. The average molecular weight is 222 g/mol. The molecule has 0 aromatic rings. The first-order valence-electron chi connectivity index (χ1n) is 6.59. The topological polar surface area (TPSA) is 26.3 Å². The third-order valence-corrected chi connectivity index (χ3v) is 4.40. The van der Waals surface area contributed by atoms with Crippen LogP contribution in [-0.4, -0.2) is 12.6 Å². The lowest BCUT2D eigenvalue weighted by atomic mass is 9.96. The van der Waals surface area contributed by atoms with Gasteiger partial charge < -0.3 is 4.74 Å². The van der Waals surface area contributed by atoms with Crippen molar-refractivity contribution in [3.05, 3.63) is 12.2 Å². The van der Waals surface area contributed by atoms with E-state index in [0.29, 0.717) is 18.4 Å². The maximum absolute atomic E-state index is 12.1. The third-order valence-electron chi connectivity index (χ3n) is 4.40. The summed E-state index contributed by atoms with van der Waals surface area (Å²) in [6.45, 7) is 4.54. The zero-order chi connectivity index (χ0) is 11.6. The Morgan fingerprint density at radius 1 is 1.25 bits per heavy atom.